The Morgan fingerprint density at radius 1 is 1.25 bits per heavy atom. The van der Waals surface area contributed by atoms with Gasteiger partial charge in [0.2, 0.25) is 5.75 Å². The molecule has 0 unspecified atom stereocenters. The number of benzene rings is 2. The molecule has 2 aromatic carbocycles. The number of nitrogens with zero attached hydrogens (tertiary/aromatic N) is 1. The molecule has 0 aliphatic carbocycles. The number of nitro benzene ring substituents is 1. The monoisotopic (exact) mass is 341 g/mol. The highest BCUT2D eigenvalue weighted by Gasteiger charge is 2.17. The average molecular weight is 342 g/mol. The lowest BCUT2D eigenvalue weighted by molar-refractivity contribution is -0.385. The quantitative estimate of drug-likeness (QED) is 0.678. The Labute approximate surface area is 121 Å². The van der Waals surface area contributed by atoms with E-state index in [1.807, 2.05) is 0 Å². The SMILES string of the molecule is O=[N+]([O-])c1cc(CO)ccc1Oc1ccc(F)cc1Br. The van der Waals surface area contributed by atoms with Crippen LogP contribution in [0.4, 0.5) is 10.1 Å². The van der Waals surface area contributed by atoms with Gasteiger partial charge in [-0.05, 0) is 45.8 Å². The van der Waals surface area contributed by atoms with Gasteiger partial charge in [0.1, 0.15) is 11.6 Å². The van der Waals surface area contributed by atoms with Gasteiger partial charge in [-0.3, -0.25) is 10.1 Å². The molecule has 104 valence electrons. The molecule has 0 atom stereocenters. The summed E-state index contributed by atoms with van der Waals surface area (Å²) in [4.78, 5) is 10.4. The molecule has 0 aliphatic rings. The average Bonchev–Trinajstić information content (AvgIpc) is 2.42. The lowest BCUT2D eigenvalue weighted by Crippen LogP contribution is -1.96. The van der Waals surface area contributed by atoms with Crippen LogP contribution in [-0.2, 0) is 6.61 Å². The Hall–Kier alpha value is -1.99. The Morgan fingerprint density at radius 3 is 2.55 bits per heavy atom. The van der Waals surface area contributed by atoms with Gasteiger partial charge in [0.25, 0.3) is 0 Å². The molecule has 2 aromatic rings. The fourth-order valence-electron chi connectivity index (χ4n) is 1.57. The van der Waals surface area contributed by atoms with Gasteiger partial charge in [-0.15, -0.1) is 0 Å². The van der Waals surface area contributed by atoms with Crippen LogP contribution < -0.4 is 4.74 Å². The minimum absolute atomic E-state index is 0.0134. The highest BCUT2D eigenvalue weighted by molar-refractivity contribution is 9.10. The number of nitro groups is 1. The van der Waals surface area contributed by atoms with Crippen molar-refractivity contribution in [2.24, 2.45) is 0 Å². The molecule has 0 fully saturated rings. The predicted octanol–water partition coefficient (Wildman–Crippen LogP) is 3.78. The van der Waals surface area contributed by atoms with E-state index in [-0.39, 0.29) is 23.8 Å². The summed E-state index contributed by atoms with van der Waals surface area (Å²) in [6, 6.07) is 7.88. The van der Waals surface area contributed by atoms with E-state index >= 15 is 0 Å². The first-order valence-corrected chi connectivity index (χ1v) is 6.31. The van der Waals surface area contributed by atoms with Crippen molar-refractivity contribution in [3.05, 3.63) is 62.4 Å². The third kappa shape index (κ3) is 3.12. The molecular weight excluding hydrogens is 333 g/mol. The minimum atomic E-state index is -0.605. The number of aliphatic hydroxyl groups excluding tert-OH is 1. The van der Waals surface area contributed by atoms with Crippen molar-refractivity contribution in [1.82, 2.24) is 0 Å². The van der Waals surface area contributed by atoms with E-state index in [1.54, 1.807) is 0 Å². The van der Waals surface area contributed by atoms with Gasteiger partial charge in [0, 0.05) is 6.07 Å². The van der Waals surface area contributed by atoms with E-state index < -0.39 is 10.7 Å². The topological polar surface area (TPSA) is 72.6 Å². The molecule has 0 saturated heterocycles. The summed E-state index contributed by atoms with van der Waals surface area (Å²) in [5.74, 6) is -0.180. The second kappa shape index (κ2) is 5.98. The molecule has 7 heteroatoms. The maximum absolute atomic E-state index is 13.0. The van der Waals surface area contributed by atoms with Crippen molar-refractivity contribution in [3.63, 3.8) is 0 Å². The van der Waals surface area contributed by atoms with Crippen molar-refractivity contribution in [2.45, 2.75) is 6.61 Å². The van der Waals surface area contributed by atoms with Gasteiger partial charge >= 0.3 is 5.69 Å². The summed E-state index contributed by atoms with van der Waals surface area (Å²) in [6.45, 7) is -0.304. The number of aliphatic hydroxyl groups is 1. The minimum Gasteiger partial charge on any atom is -0.449 e. The van der Waals surface area contributed by atoms with Crippen molar-refractivity contribution in [2.75, 3.05) is 0 Å². The number of rotatable bonds is 4. The maximum Gasteiger partial charge on any atom is 0.311 e. The molecule has 5 nitrogen and oxygen atoms in total. The molecule has 0 amide bonds. The van der Waals surface area contributed by atoms with Gasteiger partial charge in [-0.1, -0.05) is 6.07 Å². The summed E-state index contributed by atoms with van der Waals surface area (Å²) >= 11 is 3.12. The normalized spacial score (nSPS) is 10.3. The summed E-state index contributed by atoms with van der Waals surface area (Å²) in [5.41, 5.74) is 0.134. The van der Waals surface area contributed by atoms with E-state index in [1.165, 1.54) is 36.4 Å². The molecule has 2 rings (SSSR count). The Kier molecular flexibility index (Phi) is 4.31. The van der Waals surface area contributed by atoms with Crippen LogP contribution in [0.25, 0.3) is 0 Å². The van der Waals surface area contributed by atoms with Crippen LogP contribution in [0.5, 0.6) is 11.5 Å². The Balaban J connectivity index is 2.40. The third-order valence-corrected chi connectivity index (χ3v) is 3.14. The third-order valence-electron chi connectivity index (χ3n) is 2.52. The molecule has 0 aromatic heterocycles. The van der Waals surface area contributed by atoms with Crippen LogP contribution in [0.3, 0.4) is 0 Å². The lowest BCUT2D eigenvalue weighted by Gasteiger charge is -2.09. The first-order valence-electron chi connectivity index (χ1n) is 5.52. The van der Waals surface area contributed by atoms with Gasteiger partial charge in [0.05, 0.1) is 16.0 Å². The van der Waals surface area contributed by atoms with Crippen molar-refractivity contribution >= 4 is 21.6 Å². The molecule has 20 heavy (non-hydrogen) atoms. The molecule has 0 heterocycles. The van der Waals surface area contributed by atoms with Gasteiger partial charge in [-0.2, -0.15) is 0 Å². The summed E-state index contributed by atoms with van der Waals surface area (Å²) < 4.78 is 18.7. The first-order chi connectivity index (χ1) is 9.51. The van der Waals surface area contributed by atoms with E-state index in [0.29, 0.717) is 10.0 Å². The fourth-order valence-corrected chi connectivity index (χ4v) is 2.00. The summed E-state index contributed by atoms with van der Waals surface area (Å²) in [6.07, 6.45) is 0. The number of halogens is 2. The lowest BCUT2D eigenvalue weighted by atomic mass is 10.2. The Bertz CT molecular complexity index is 663. The van der Waals surface area contributed by atoms with E-state index in [2.05, 4.69) is 15.9 Å². The van der Waals surface area contributed by atoms with Crippen molar-refractivity contribution < 1.29 is 19.2 Å². The predicted molar refractivity (Wildman–Crippen MR) is 73.2 cm³/mol. The van der Waals surface area contributed by atoms with Crippen LogP contribution in [0.2, 0.25) is 0 Å². The summed E-state index contributed by atoms with van der Waals surface area (Å²) in [7, 11) is 0. The van der Waals surface area contributed by atoms with Crippen molar-refractivity contribution in [3.8, 4) is 11.5 Å². The zero-order valence-corrected chi connectivity index (χ0v) is 11.6. The zero-order chi connectivity index (χ0) is 14.7. The molecule has 0 bridgehead atoms. The van der Waals surface area contributed by atoms with Gasteiger partial charge < -0.3 is 9.84 Å². The largest absolute Gasteiger partial charge is 0.449 e. The Morgan fingerprint density at radius 2 is 1.95 bits per heavy atom. The van der Waals surface area contributed by atoms with Crippen LogP contribution >= 0.6 is 15.9 Å². The number of ether oxygens (including phenoxy) is 1. The van der Waals surface area contributed by atoms with Gasteiger partial charge in [0.15, 0.2) is 0 Å². The molecule has 0 aliphatic heterocycles. The molecule has 1 N–H and O–H groups in total. The van der Waals surface area contributed by atoms with E-state index in [4.69, 9.17) is 9.84 Å². The fraction of sp³-hybridized carbons (Fsp3) is 0.0769. The number of hydrogen-bond donors (Lipinski definition) is 1. The van der Waals surface area contributed by atoms with Gasteiger partial charge in [-0.25, -0.2) is 4.39 Å². The molecule has 0 spiro atoms. The molecule has 0 saturated carbocycles. The van der Waals surface area contributed by atoms with Crippen LogP contribution in [0.1, 0.15) is 5.56 Å². The molecule has 0 radical (unpaired) electrons. The smallest absolute Gasteiger partial charge is 0.311 e. The highest BCUT2D eigenvalue weighted by Crippen LogP contribution is 2.35. The summed E-state index contributed by atoms with van der Waals surface area (Å²) in [5, 5.41) is 20.0. The van der Waals surface area contributed by atoms with Crippen LogP contribution in [0.15, 0.2) is 40.9 Å². The standard InChI is InChI=1S/C13H9BrFNO4/c14-10-6-9(15)2-4-12(10)20-13-3-1-8(7-17)5-11(13)16(18)19/h1-6,17H,7H2. The first kappa shape index (κ1) is 14.4. The van der Waals surface area contributed by atoms with Crippen LogP contribution in [0, 0.1) is 15.9 Å². The maximum atomic E-state index is 13.0. The second-order valence-electron chi connectivity index (χ2n) is 3.89. The zero-order valence-electron chi connectivity index (χ0n) is 10.0. The van der Waals surface area contributed by atoms with Crippen molar-refractivity contribution in [1.29, 1.82) is 0 Å². The van der Waals surface area contributed by atoms with E-state index in [9.17, 15) is 14.5 Å². The van der Waals surface area contributed by atoms with E-state index in [0.717, 1.165) is 0 Å². The highest BCUT2D eigenvalue weighted by atomic mass is 79.9. The second-order valence-corrected chi connectivity index (χ2v) is 4.75. The molecular formula is C13H9BrFNO4. The number of hydrogen-bond acceptors (Lipinski definition) is 4. The van der Waals surface area contributed by atoms with Crippen LogP contribution in [-0.4, -0.2) is 10.0 Å².